The largest absolute Gasteiger partial charge is 0.488 e. The molecule has 0 spiro atoms. The van der Waals surface area contributed by atoms with E-state index in [2.05, 4.69) is 10.5 Å². The lowest BCUT2D eigenvalue weighted by atomic mass is 10.1. The molecule has 0 aromatic heterocycles. The number of carbonyl (C=O) groups excluding carboxylic acids is 1. The second kappa shape index (κ2) is 11.2. The Morgan fingerprint density at radius 2 is 1.62 bits per heavy atom. The molecule has 0 saturated heterocycles. The first-order valence-electron chi connectivity index (χ1n) is 9.70. The molecule has 8 heteroatoms. The number of hydrazone groups is 1. The molecule has 1 amide bonds. The summed E-state index contributed by atoms with van der Waals surface area (Å²) < 4.78 is 11.4. The molecular formula is C24H21Cl3N2O3. The van der Waals surface area contributed by atoms with E-state index in [1.54, 1.807) is 42.6 Å². The number of amides is 1. The van der Waals surface area contributed by atoms with Crippen LogP contribution in [-0.4, -0.2) is 18.7 Å². The summed E-state index contributed by atoms with van der Waals surface area (Å²) in [6, 6.07) is 16.0. The topological polar surface area (TPSA) is 59.9 Å². The molecule has 0 bridgehead atoms. The van der Waals surface area contributed by atoms with E-state index < -0.39 is 0 Å². The van der Waals surface area contributed by atoms with Crippen molar-refractivity contribution in [3.8, 4) is 11.5 Å². The van der Waals surface area contributed by atoms with Crippen LogP contribution in [0.5, 0.6) is 11.5 Å². The number of benzene rings is 3. The number of nitrogens with one attached hydrogen (secondary N) is 1. The average molecular weight is 492 g/mol. The summed E-state index contributed by atoms with van der Waals surface area (Å²) in [6.45, 7) is 4.12. The maximum atomic E-state index is 11.9. The molecule has 3 aromatic rings. The predicted molar refractivity (Wildman–Crippen MR) is 129 cm³/mol. The SMILES string of the molecule is Cc1cc(/C=N\NC(=O)COc2ccc(Cl)cc2)cc(C)c1OCc1ccc(Cl)c(Cl)c1. The molecule has 166 valence electrons. The molecule has 0 unspecified atom stereocenters. The third-order valence-corrected chi connectivity index (χ3v) is 5.43. The summed E-state index contributed by atoms with van der Waals surface area (Å²) in [5.74, 6) is 0.969. The van der Waals surface area contributed by atoms with Crippen LogP contribution >= 0.6 is 34.8 Å². The fraction of sp³-hybridized carbons (Fsp3) is 0.167. The molecule has 1 N–H and O–H groups in total. The second-order valence-corrected chi connectivity index (χ2v) is 8.31. The van der Waals surface area contributed by atoms with Crippen molar-refractivity contribution in [2.75, 3.05) is 6.61 Å². The Balaban J connectivity index is 1.54. The number of ether oxygens (including phenoxy) is 2. The second-order valence-electron chi connectivity index (χ2n) is 7.06. The van der Waals surface area contributed by atoms with Gasteiger partial charge in [-0.3, -0.25) is 4.79 Å². The van der Waals surface area contributed by atoms with E-state index in [9.17, 15) is 4.79 Å². The van der Waals surface area contributed by atoms with Gasteiger partial charge >= 0.3 is 0 Å². The molecule has 0 atom stereocenters. The van der Waals surface area contributed by atoms with Crippen molar-refractivity contribution in [1.82, 2.24) is 5.43 Å². The van der Waals surface area contributed by atoms with Crippen LogP contribution in [0.25, 0.3) is 0 Å². The minimum atomic E-state index is -0.369. The quantitative estimate of drug-likeness (QED) is 0.294. The zero-order valence-electron chi connectivity index (χ0n) is 17.5. The van der Waals surface area contributed by atoms with Gasteiger partial charge in [-0.1, -0.05) is 40.9 Å². The summed E-state index contributed by atoms with van der Waals surface area (Å²) in [6.07, 6.45) is 1.57. The minimum Gasteiger partial charge on any atom is -0.488 e. The lowest BCUT2D eigenvalue weighted by molar-refractivity contribution is -0.123. The highest BCUT2D eigenvalue weighted by Gasteiger charge is 2.08. The summed E-state index contributed by atoms with van der Waals surface area (Å²) in [5, 5.41) is 5.60. The van der Waals surface area contributed by atoms with Crippen molar-refractivity contribution < 1.29 is 14.3 Å². The van der Waals surface area contributed by atoms with Gasteiger partial charge in [0.15, 0.2) is 6.61 Å². The van der Waals surface area contributed by atoms with Gasteiger partial charge in [-0.25, -0.2) is 5.43 Å². The van der Waals surface area contributed by atoms with Gasteiger partial charge in [0, 0.05) is 5.02 Å². The van der Waals surface area contributed by atoms with Crippen LogP contribution in [0.1, 0.15) is 22.3 Å². The van der Waals surface area contributed by atoms with Gasteiger partial charge in [-0.15, -0.1) is 0 Å². The zero-order chi connectivity index (χ0) is 23.1. The average Bonchev–Trinajstić information content (AvgIpc) is 2.75. The first-order valence-corrected chi connectivity index (χ1v) is 10.8. The van der Waals surface area contributed by atoms with Crippen LogP contribution in [0.2, 0.25) is 15.1 Å². The Hall–Kier alpha value is -2.73. The van der Waals surface area contributed by atoms with Gasteiger partial charge < -0.3 is 9.47 Å². The van der Waals surface area contributed by atoms with Crippen LogP contribution in [0, 0.1) is 13.8 Å². The van der Waals surface area contributed by atoms with Gasteiger partial charge in [-0.2, -0.15) is 5.10 Å². The van der Waals surface area contributed by atoms with Crippen molar-refractivity contribution in [3.63, 3.8) is 0 Å². The highest BCUT2D eigenvalue weighted by molar-refractivity contribution is 6.42. The number of rotatable bonds is 8. The number of halogens is 3. The summed E-state index contributed by atoms with van der Waals surface area (Å²) in [5.41, 5.74) is 6.10. The standard InChI is InChI=1S/C24H21Cl3N2O3/c1-15-9-18(12-28-29-23(30)14-31-20-6-4-19(25)5-7-20)10-16(2)24(15)32-13-17-3-8-21(26)22(27)11-17/h3-12H,13-14H2,1-2H3,(H,29,30)/b28-12-. The fourth-order valence-corrected chi connectivity index (χ4v) is 3.41. The molecule has 32 heavy (non-hydrogen) atoms. The molecule has 3 aromatic carbocycles. The molecule has 0 heterocycles. The van der Waals surface area contributed by atoms with Gasteiger partial charge in [0.05, 0.1) is 16.3 Å². The molecule has 0 radical (unpaired) electrons. The van der Waals surface area contributed by atoms with Crippen molar-refractivity contribution in [1.29, 1.82) is 0 Å². The highest BCUT2D eigenvalue weighted by Crippen LogP contribution is 2.27. The Morgan fingerprint density at radius 1 is 0.938 bits per heavy atom. The van der Waals surface area contributed by atoms with Gasteiger partial charge in [-0.05, 0) is 84.6 Å². The first-order chi connectivity index (χ1) is 15.3. The van der Waals surface area contributed by atoms with Crippen LogP contribution in [-0.2, 0) is 11.4 Å². The zero-order valence-corrected chi connectivity index (χ0v) is 19.8. The lowest BCUT2D eigenvalue weighted by Gasteiger charge is -2.13. The molecule has 3 rings (SSSR count). The molecule has 0 saturated carbocycles. The summed E-state index contributed by atoms with van der Waals surface area (Å²) >= 11 is 17.8. The van der Waals surface area contributed by atoms with Crippen molar-refractivity contribution >= 4 is 46.9 Å². The maximum Gasteiger partial charge on any atom is 0.277 e. The van der Waals surface area contributed by atoms with E-state index in [1.807, 2.05) is 32.0 Å². The van der Waals surface area contributed by atoms with Crippen LogP contribution in [0.4, 0.5) is 0 Å². The number of nitrogens with zero attached hydrogens (tertiary/aromatic N) is 1. The normalized spacial score (nSPS) is 10.9. The number of hydrogen-bond acceptors (Lipinski definition) is 4. The maximum absolute atomic E-state index is 11.9. The van der Waals surface area contributed by atoms with Crippen molar-refractivity contribution in [2.45, 2.75) is 20.5 Å². The van der Waals surface area contributed by atoms with E-state index in [0.717, 1.165) is 28.0 Å². The number of carbonyl (C=O) groups is 1. The first kappa shape index (κ1) is 23.9. The Labute approximate surface area is 201 Å². The number of hydrogen-bond donors (Lipinski definition) is 1. The van der Waals surface area contributed by atoms with Gasteiger partial charge in [0.2, 0.25) is 0 Å². The Kier molecular flexibility index (Phi) is 8.39. The van der Waals surface area contributed by atoms with E-state index >= 15 is 0 Å². The highest BCUT2D eigenvalue weighted by atomic mass is 35.5. The molecule has 0 aliphatic rings. The molecular weight excluding hydrogens is 471 g/mol. The fourth-order valence-electron chi connectivity index (χ4n) is 2.96. The van der Waals surface area contributed by atoms with Crippen LogP contribution < -0.4 is 14.9 Å². The summed E-state index contributed by atoms with van der Waals surface area (Å²) in [7, 11) is 0. The van der Waals surface area contributed by atoms with E-state index in [-0.39, 0.29) is 12.5 Å². The molecule has 5 nitrogen and oxygen atoms in total. The predicted octanol–water partition coefficient (Wildman–Crippen LogP) is 6.37. The van der Waals surface area contributed by atoms with Crippen LogP contribution in [0.15, 0.2) is 59.7 Å². The monoisotopic (exact) mass is 490 g/mol. The van der Waals surface area contributed by atoms with E-state index in [0.29, 0.717) is 27.4 Å². The molecule has 0 fully saturated rings. The van der Waals surface area contributed by atoms with Crippen molar-refractivity contribution in [2.24, 2.45) is 5.10 Å². The van der Waals surface area contributed by atoms with E-state index in [4.69, 9.17) is 44.3 Å². The third-order valence-electron chi connectivity index (χ3n) is 4.44. The van der Waals surface area contributed by atoms with E-state index in [1.165, 1.54) is 0 Å². The Morgan fingerprint density at radius 3 is 2.28 bits per heavy atom. The Bertz CT molecular complexity index is 1110. The molecule has 0 aliphatic carbocycles. The van der Waals surface area contributed by atoms with Crippen LogP contribution in [0.3, 0.4) is 0 Å². The summed E-state index contributed by atoms with van der Waals surface area (Å²) in [4.78, 5) is 11.9. The minimum absolute atomic E-state index is 0.154. The van der Waals surface area contributed by atoms with Gasteiger partial charge in [0.25, 0.3) is 5.91 Å². The number of aryl methyl sites for hydroxylation is 2. The van der Waals surface area contributed by atoms with Gasteiger partial charge in [0.1, 0.15) is 18.1 Å². The lowest BCUT2D eigenvalue weighted by Crippen LogP contribution is -2.24. The molecule has 0 aliphatic heterocycles. The third kappa shape index (κ3) is 6.89. The van der Waals surface area contributed by atoms with Crippen molar-refractivity contribution in [3.05, 3.63) is 91.9 Å². The smallest absolute Gasteiger partial charge is 0.277 e.